The van der Waals surface area contributed by atoms with Crippen molar-refractivity contribution in [3.8, 4) is 0 Å². The number of nitrogens with one attached hydrogen (secondary N) is 1. The summed E-state index contributed by atoms with van der Waals surface area (Å²) in [5, 5.41) is 0. The summed E-state index contributed by atoms with van der Waals surface area (Å²) in [6, 6.07) is 6.55. The molecule has 1 aromatic rings. The van der Waals surface area contributed by atoms with Gasteiger partial charge < -0.3 is 5.73 Å². The molecule has 1 saturated carbocycles. The van der Waals surface area contributed by atoms with Crippen LogP contribution in [0.2, 0.25) is 0 Å². The van der Waals surface area contributed by atoms with E-state index in [1.165, 1.54) is 6.07 Å². The summed E-state index contributed by atoms with van der Waals surface area (Å²) < 4.78 is 27.3. The van der Waals surface area contributed by atoms with Gasteiger partial charge in [0.15, 0.2) is 0 Å². The summed E-state index contributed by atoms with van der Waals surface area (Å²) in [4.78, 5) is 0.256. The van der Waals surface area contributed by atoms with Crippen LogP contribution in [-0.2, 0) is 10.0 Å². The van der Waals surface area contributed by atoms with Gasteiger partial charge in [0.25, 0.3) is 0 Å². The molecule has 2 rings (SSSR count). The van der Waals surface area contributed by atoms with Crippen LogP contribution in [0.3, 0.4) is 0 Å². The fourth-order valence-corrected chi connectivity index (χ4v) is 3.68. The zero-order valence-corrected chi connectivity index (χ0v) is 12.5. The molecule has 104 valence electrons. The van der Waals surface area contributed by atoms with Gasteiger partial charge in [-0.25, -0.2) is 13.1 Å². The van der Waals surface area contributed by atoms with Crippen LogP contribution in [0.5, 0.6) is 0 Å². The van der Waals surface area contributed by atoms with E-state index in [9.17, 15) is 8.42 Å². The first-order chi connectivity index (χ1) is 8.90. The zero-order valence-electron chi connectivity index (χ0n) is 10.8. The summed E-state index contributed by atoms with van der Waals surface area (Å²) in [5.41, 5.74) is 6.12. The Hall–Kier alpha value is -0.980. The largest absolute Gasteiger partial charge is 0.389 e. The van der Waals surface area contributed by atoms with Gasteiger partial charge in [-0.1, -0.05) is 37.3 Å². The summed E-state index contributed by atoms with van der Waals surface area (Å²) in [6.45, 7) is 2.57. The Morgan fingerprint density at radius 3 is 2.58 bits per heavy atom. The first kappa shape index (κ1) is 14.4. The lowest BCUT2D eigenvalue weighted by molar-refractivity contribution is 0.475. The molecular weight excluding hydrogens is 280 g/mol. The SMILES string of the molecule is CCC1(CNS(=O)(=O)c2ccccc2C(N)=S)CC1. The Bertz CT molecular complexity index is 592. The number of hydrogen-bond acceptors (Lipinski definition) is 3. The van der Waals surface area contributed by atoms with Crippen LogP contribution in [-0.4, -0.2) is 20.0 Å². The molecule has 6 heteroatoms. The maximum absolute atomic E-state index is 12.3. The first-order valence-electron chi connectivity index (χ1n) is 6.29. The van der Waals surface area contributed by atoms with Crippen molar-refractivity contribution in [1.29, 1.82) is 0 Å². The number of rotatable bonds is 6. The van der Waals surface area contributed by atoms with Gasteiger partial charge >= 0.3 is 0 Å². The van der Waals surface area contributed by atoms with Gasteiger partial charge in [-0.15, -0.1) is 0 Å². The van der Waals surface area contributed by atoms with Crippen LogP contribution in [0, 0.1) is 5.41 Å². The summed E-state index contributed by atoms with van der Waals surface area (Å²) in [6.07, 6.45) is 3.17. The second kappa shape index (κ2) is 5.19. The normalized spacial score (nSPS) is 17.1. The molecule has 1 fully saturated rings. The molecule has 1 aliphatic rings. The van der Waals surface area contributed by atoms with Gasteiger partial charge in [-0.3, -0.25) is 0 Å². The van der Waals surface area contributed by atoms with E-state index in [2.05, 4.69) is 11.6 Å². The lowest BCUT2D eigenvalue weighted by Crippen LogP contribution is -2.31. The molecule has 0 amide bonds. The summed E-state index contributed by atoms with van der Waals surface area (Å²) >= 11 is 4.90. The Labute approximate surface area is 119 Å². The van der Waals surface area contributed by atoms with E-state index < -0.39 is 10.0 Å². The third-order valence-corrected chi connectivity index (χ3v) is 5.47. The zero-order chi connectivity index (χ0) is 14.1. The molecule has 0 atom stereocenters. The van der Waals surface area contributed by atoms with Gasteiger partial charge in [-0.05, 0) is 30.7 Å². The molecule has 19 heavy (non-hydrogen) atoms. The minimum Gasteiger partial charge on any atom is -0.389 e. The van der Waals surface area contributed by atoms with Crippen LogP contribution in [0.1, 0.15) is 31.7 Å². The van der Waals surface area contributed by atoms with Crippen molar-refractivity contribution >= 4 is 27.2 Å². The van der Waals surface area contributed by atoms with E-state index in [1.807, 2.05) is 0 Å². The molecule has 0 heterocycles. The molecule has 0 bridgehead atoms. The van der Waals surface area contributed by atoms with E-state index in [1.54, 1.807) is 18.2 Å². The van der Waals surface area contributed by atoms with E-state index in [0.717, 1.165) is 19.3 Å². The van der Waals surface area contributed by atoms with E-state index in [0.29, 0.717) is 12.1 Å². The van der Waals surface area contributed by atoms with Gasteiger partial charge in [0.2, 0.25) is 10.0 Å². The standard InChI is InChI=1S/C13H18N2O2S2/c1-2-13(7-8-13)9-15-19(16,17)11-6-4-3-5-10(11)12(14)18/h3-6,15H,2,7-9H2,1H3,(H2,14,18). The van der Waals surface area contributed by atoms with E-state index >= 15 is 0 Å². The Morgan fingerprint density at radius 2 is 2.05 bits per heavy atom. The van der Waals surface area contributed by atoms with Crippen LogP contribution >= 0.6 is 12.2 Å². The highest BCUT2D eigenvalue weighted by molar-refractivity contribution is 7.89. The molecule has 1 aromatic carbocycles. The lowest BCUT2D eigenvalue weighted by Gasteiger charge is -2.15. The van der Waals surface area contributed by atoms with Crippen molar-refractivity contribution in [2.45, 2.75) is 31.1 Å². The predicted octanol–water partition coefficient (Wildman–Crippen LogP) is 1.79. The molecule has 4 nitrogen and oxygen atoms in total. The quantitative estimate of drug-likeness (QED) is 0.785. The number of sulfonamides is 1. The fourth-order valence-electron chi connectivity index (χ4n) is 2.06. The van der Waals surface area contributed by atoms with Crippen molar-refractivity contribution in [2.24, 2.45) is 11.1 Å². The third-order valence-electron chi connectivity index (χ3n) is 3.79. The maximum Gasteiger partial charge on any atom is 0.241 e. The Kier molecular flexibility index (Phi) is 3.94. The monoisotopic (exact) mass is 298 g/mol. The molecule has 0 aromatic heterocycles. The van der Waals surface area contributed by atoms with Gasteiger partial charge in [0.05, 0.1) is 4.90 Å². The van der Waals surface area contributed by atoms with Gasteiger partial charge in [0.1, 0.15) is 4.99 Å². The highest BCUT2D eigenvalue weighted by Gasteiger charge is 2.41. The van der Waals surface area contributed by atoms with Crippen molar-refractivity contribution < 1.29 is 8.42 Å². The number of nitrogens with two attached hydrogens (primary N) is 1. The molecule has 0 aliphatic heterocycles. The second-order valence-corrected chi connectivity index (χ2v) is 7.21. The molecule has 0 radical (unpaired) electrons. The Balaban J connectivity index is 2.22. The molecule has 3 N–H and O–H groups in total. The topological polar surface area (TPSA) is 72.2 Å². The lowest BCUT2D eigenvalue weighted by atomic mass is 10.1. The van der Waals surface area contributed by atoms with Crippen LogP contribution in [0.25, 0.3) is 0 Å². The average Bonchev–Trinajstić information content (AvgIpc) is 3.17. The molecule has 0 unspecified atom stereocenters. The van der Waals surface area contributed by atoms with E-state index in [4.69, 9.17) is 18.0 Å². The maximum atomic E-state index is 12.3. The van der Waals surface area contributed by atoms with Crippen molar-refractivity contribution in [3.63, 3.8) is 0 Å². The highest BCUT2D eigenvalue weighted by Crippen LogP contribution is 2.48. The minimum atomic E-state index is -3.56. The van der Waals surface area contributed by atoms with Crippen molar-refractivity contribution in [2.75, 3.05) is 6.54 Å². The number of benzene rings is 1. The smallest absolute Gasteiger partial charge is 0.241 e. The highest BCUT2D eigenvalue weighted by atomic mass is 32.2. The number of thiocarbonyl (C=S) groups is 1. The summed E-state index contributed by atoms with van der Waals surface area (Å²) in [7, 11) is -3.56. The molecular formula is C13H18N2O2S2. The summed E-state index contributed by atoms with van der Waals surface area (Å²) in [5.74, 6) is 0. The second-order valence-electron chi connectivity index (χ2n) is 5.04. The van der Waals surface area contributed by atoms with Crippen molar-refractivity contribution in [1.82, 2.24) is 4.72 Å². The first-order valence-corrected chi connectivity index (χ1v) is 8.18. The van der Waals surface area contributed by atoms with Crippen molar-refractivity contribution in [3.05, 3.63) is 29.8 Å². The molecule has 0 spiro atoms. The van der Waals surface area contributed by atoms with Crippen LogP contribution in [0.4, 0.5) is 0 Å². The number of hydrogen-bond donors (Lipinski definition) is 2. The van der Waals surface area contributed by atoms with Crippen LogP contribution < -0.4 is 10.5 Å². The fraction of sp³-hybridized carbons (Fsp3) is 0.462. The van der Waals surface area contributed by atoms with Crippen LogP contribution in [0.15, 0.2) is 29.2 Å². The third kappa shape index (κ3) is 3.13. The van der Waals surface area contributed by atoms with E-state index in [-0.39, 0.29) is 15.3 Å². The van der Waals surface area contributed by atoms with Gasteiger partial charge in [-0.2, -0.15) is 0 Å². The predicted molar refractivity (Wildman–Crippen MR) is 79.5 cm³/mol. The molecule has 0 saturated heterocycles. The average molecular weight is 298 g/mol. The van der Waals surface area contributed by atoms with Gasteiger partial charge in [0, 0.05) is 12.1 Å². The Morgan fingerprint density at radius 1 is 1.42 bits per heavy atom. The molecule has 1 aliphatic carbocycles. The minimum absolute atomic E-state index is 0.0950.